The van der Waals surface area contributed by atoms with Crippen molar-refractivity contribution in [2.24, 2.45) is 14.1 Å². The van der Waals surface area contributed by atoms with Gasteiger partial charge in [0.2, 0.25) is 11.8 Å². The maximum absolute atomic E-state index is 14.4. The molecule has 0 unspecified atom stereocenters. The van der Waals surface area contributed by atoms with Crippen molar-refractivity contribution in [3.05, 3.63) is 95.6 Å². The maximum atomic E-state index is 14.4. The van der Waals surface area contributed by atoms with Crippen molar-refractivity contribution in [1.82, 2.24) is 19.6 Å². The summed E-state index contributed by atoms with van der Waals surface area (Å²) < 4.78 is 30.5. The number of carbonyl (C=O) groups is 3. The molecule has 14 heteroatoms. The van der Waals surface area contributed by atoms with Gasteiger partial charge in [-0.15, -0.1) is 0 Å². The first-order chi connectivity index (χ1) is 21.1. The van der Waals surface area contributed by atoms with Crippen molar-refractivity contribution in [3.8, 4) is 0 Å². The summed E-state index contributed by atoms with van der Waals surface area (Å²) in [7, 11) is 3.54. The molecule has 2 aromatic carbocycles. The van der Waals surface area contributed by atoms with Crippen LogP contribution in [0.3, 0.4) is 0 Å². The van der Waals surface area contributed by atoms with Crippen molar-refractivity contribution in [1.29, 1.82) is 0 Å². The number of hydrogen-bond donors (Lipinski definition) is 5. The molecule has 0 aliphatic rings. The molecule has 2 heterocycles. The Labute approximate surface area is 258 Å². The number of anilines is 4. The predicted molar refractivity (Wildman–Crippen MR) is 169 cm³/mol. The second-order valence-electron chi connectivity index (χ2n) is 10.8. The molecule has 3 amide bonds. The number of nitrogens with two attached hydrogens (primary N) is 1. The van der Waals surface area contributed by atoms with Crippen LogP contribution in [-0.2, 0) is 29.1 Å². The first-order valence-corrected chi connectivity index (χ1v) is 13.5. The van der Waals surface area contributed by atoms with E-state index >= 15 is 0 Å². The summed E-state index contributed by atoms with van der Waals surface area (Å²) >= 11 is 0. The molecule has 45 heavy (non-hydrogen) atoms. The fourth-order valence-corrected chi connectivity index (χ4v) is 4.04. The van der Waals surface area contributed by atoms with Gasteiger partial charge in [-0.25, -0.2) is 13.6 Å². The molecule has 6 N–H and O–H groups in total. The predicted octanol–water partition coefficient (Wildman–Crippen LogP) is 5.39. The highest BCUT2D eigenvalue weighted by molar-refractivity contribution is 6.06. The number of carbonyl (C=O) groups excluding carboxylic acids is 2. The van der Waals surface area contributed by atoms with Crippen LogP contribution in [0, 0.1) is 11.6 Å². The number of benzene rings is 2. The number of nitrogens with one attached hydrogen (secondary N) is 3. The SMILES string of the molecule is Cn1cc(C=CC(=O)Nc2c(NC(=O)O)ccc(F)c2C(C)(C)C)cn1.Cn1cc(C=CC(=O)Nc2ccc(F)cc2N)cn1. The quantitative estimate of drug-likeness (QED) is 0.136. The van der Waals surface area contributed by atoms with E-state index in [1.165, 1.54) is 36.4 Å². The molecule has 4 rings (SSSR count). The van der Waals surface area contributed by atoms with E-state index in [1.54, 1.807) is 81.2 Å². The molecule has 236 valence electrons. The molecular weight excluding hydrogens is 586 g/mol. The van der Waals surface area contributed by atoms with Crippen molar-refractivity contribution >= 4 is 52.8 Å². The van der Waals surface area contributed by atoms with Crippen LogP contribution in [-0.4, -0.2) is 42.6 Å². The van der Waals surface area contributed by atoms with Crippen LogP contribution in [0.1, 0.15) is 37.5 Å². The van der Waals surface area contributed by atoms with E-state index in [-0.39, 0.29) is 28.5 Å². The Balaban J connectivity index is 0.000000257. The molecule has 2 aromatic heterocycles. The van der Waals surface area contributed by atoms with Crippen molar-refractivity contribution < 1.29 is 28.3 Å². The Morgan fingerprint density at radius 3 is 1.84 bits per heavy atom. The average molecular weight is 621 g/mol. The monoisotopic (exact) mass is 620 g/mol. The topological polar surface area (TPSA) is 169 Å². The molecular formula is C31H34F2N8O4. The number of rotatable bonds is 7. The van der Waals surface area contributed by atoms with Gasteiger partial charge in [0.15, 0.2) is 0 Å². The highest BCUT2D eigenvalue weighted by Crippen LogP contribution is 2.37. The number of nitrogens with zero attached hydrogens (tertiary/aromatic N) is 4. The Morgan fingerprint density at radius 2 is 1.38 bits per heavy atom. The van der Waals surface area contributed by atoms with E-state index in [2.05, 4.69) is 26.1 Å². The van der Waals surface area contributed by atoms with Crippen molar-refractivity contribution in [2.75, 3.05) is 21.7 Å². The zero-order chi connectivity index (χ0) is 33.3. The molecule has 0 aliphatic carbocycles. The highest BCUT2D eigenvalue weighted by atomic mass is 19.1. The summed E-state index contributed by atoms with van der Waals surface area (Å²) in [4.78, 5) is 35.0. The lowest BCUT2D eigenvalue weighted by Crippen LogP contribution is -2.22. The van der Waals surface area contributed by atoms with Gasteiger partial charge in [0.1, 0.15) is 11.6 Å². The molecule has 0 atom stereocenters. The minimum atomic E-state index is -1.31. The highest BCUT2D eigenvalue weighted by Gasteiger charge is 2.26. The fraction of sp³-hybridized carbons (Fsp3) is 0.194. The first kappa shape index (κ1) is 33.7. The summed E-state index contributed by atoms with van der Waals surface area (Å²) in [5, 5.41) is 24.3. The molecule has 0 aliphatic heterocycles. The van der Waals surface area contributed by atoms with Gasteiger partial charge in [-0.05, 0) is 47.9 Å². The maximum Gasteiger partial charge on any atom is 0.409 e. The van der Waals surface area contributed by atoms with Crippen LogP contribution in [0.4, 0.5) is 36.3 Å². The lowest BCUT2D eigenvalue weighted by Gasteiger charge is -2.25. The zero-order valence-corrected chi connectivity index (χ0v) is 25.3. The van der Waals surface area contributed by atoms with E-state index in [0.717, 1.165) is 17.2 Å². The molecule has 0 bridgehead atoms. The molecule has 4 aromatic rings. The van der Waals surface area contributed by atoms with Crippen LogP contribution in [0.5, 0.6) is 0 Å². The first-order valence-electron chi connectivity index (χ1n) is 13.5. The molecule has 0 radical (unpaired) electrons. The zero-order valence-electron chi connectivity index (χ0n) is 25.3. The Morgan fingerprint density at radius 1 is 0.844 bits per heavy atom. The third-order valence-electron chi connectivity index (χ3n) is 5.97. The Bertz CT molecular complexity index is 1750. The van der Waals surface area contributed by atoms with Gasteiger partial charge in [0.25, 0.3) is 0 Å². The van der Waals surface area contributed by atoms with E-state index in [0.29, 0.717) is 5.69 Å². The summed E-state index contributed by atoms with van der Waals surface area (Å²) in [5.74, 6) is -1.83. The fourth-order valence-electron chi connectivity index (χ4n) is 4.04. The normalized spacial score (nSPS) is 11.3. The molecule has 12 nitrogen and oxygen atoms in total. The van der Waals surface area contributed by atoms with Gasteiger partial charge < -0.3 is 21.5 Å². The summed E-state index contributed by atoms with van der Waals surface area (Å²) in [6, 6.07) is 6.25. The Kier molecular flexibility index (Phi) is 10.9. The number of amides is 3. The second kappa shape index (κ2) is 14.6. The van der Waals surface area contributed by atoms with Crippen LogP contribution >= 0.6 is 0 Å². The third kappa shape index (κ3) is 10.2. The standard InChI is InChI=1S/C18H21FN4O3.C13H13FN4O/c1-18(2,3)15-12(19)6-7-13(21-17(25)26)16(15)22-14(24)8-5-11-9-20-23(4)10-11;1-18-8-9(7-16-18)2-5-13(19)17-12-4-3-10(14)6-11(12)15/h5-10,21H,1-4H3,(H,22,24)(H,25,26);2-8H,15H2,1H3,(H,17,19). The van der Waals surface area contributed by atoms with Gasteiger partial charge in [0.05, 0.1) is 35.1 Å². The second-order valence-corrected chi connectivity index (χ2v) is 10.8. The summed E-state index contributed by atoms with van der Waals surface area (Å²) in [5.41, 5.74) is 7.44. The van der Waals surface area contributed by atoms with Crippen LogP contribution in [0.2, 0.25) is 0 Å². The van der Waals surface area contributed by atoms with Crippen LogP contribution < -0.4 is 21.7 Å². The van der Waals surface area contributed by atoms with Gasteiger partial charge in [-0.2, -0.15) is 10.2 Å². The Hall–Kier alpha value is -5.79. The number of nitrogen functional groups attached to an aromatic ring is 1. The van der Waals surface area contributed by atoms with Gasteiger partial charge in [-0.3, -0.25) is 24.3 Å². The molecule has 0 spiro atoms. The van der Waals surface area contributed by atoms with Gasteiger partial charge in [-0.1, -0.05) is 20.8 Å². The largest absolute Gasteiger partial charge is 0.465 e. The lowest BCUT2D eigenvalue weighted by atomic mass is 9.84. The smallest absolute Gasteiger partial charge is 0.409 e. The average Bonchev–Trinajstić information content (AvgIpc) is 3.56. The van der Waals surface area contributed by atoms with E-state index in [1.807, 2.05) is 0 Å². The summed E-state index contributed by atoms with van der Waals surface area (Å²) in [6.07, 6.45) is 11.2. The van der Waals surface area contributed by atoms with Crippen LogP contribution in [0.15, 0.2) is 67.3 Å². The van der Waals surface area contributed by atoms with Crippen LogP contribution in [0.25, 0.3) is 12.2 Å². The van der Waals surface area contributed by atoms with E-state index in [4.69, 9.17) is 10.8 Å². The van der Waals surface area contributed by atoms with Crippen molar-refractivity contribution in [2.45, 2.75) is 26.2 Å². The van der Waals surface area contributed by atoms with Gasteiger partial charge >= 0.3 is 6.09 Å². The number of carboxylic acid groups (broad SMARTS) is 1. The summed E-state index contributed by atoms with van der Waals surface area (Å²) in [6.45, 7) is 5.32. The molecule has 0 saturated carbocycles. The van der Waals surface area contributed by atoms with E-state index < -0.39 is 29.0 Å². The van der Waals surface area contributed by atoms with E-state index in [9.17, 15) is 23.2 Å². The number of hydrogen-bond acceptors (Lipinski definition) is 6. The van der Waals surface area contributed by atoms with Crippen molar-refractivity contribution in [3.63, 3.8) is 0 Å². The molecule has 0 saturated heterocycles. The molecule has 0 fully saturated rings. The lowest BCUT2D eigenvalue weighted by molar-refractivity contribution is -0.112. The number of aromatic nitrogens is 4. The number of halogens is 2. The third-order valence-corrected chi connectivity index (χ3v) is 5.97. The minimum Gasteiger partial charge on any atom is -0.465 e. The minimum absolute atomic E-state index is 0.0979. The van der Waals surface area contributed by atoms with Gasteiger partial charge in [0, 0.05) is 55.3 Å². The number of aryl methyl sites for hydroxylation is 2.